The Morgan fingerprint density at radius 1 is 1.54 bits per heavy atom. The van der Waals surface area contributed by atoms with E-state index in [0.29, 0.717) is 0 Å². The molecule has 7 heteroatoms. The van der Waals surface area contributed by atoms with E-state index in [2.05, 4.69) is 14.4 Å². The second-order valence-electron chi connectivity index (χ2n) is 1.80. The molecule has 0 aromatic carbocycles. The number of carbonyl (C=O) groups excluding carboxylic acids is 2. The molecule has 0 aliphatic carbocycles. The van der Waals surface area contributed by atoms with Crippen molar-refractivity contribution in [2.45, 2.75) is 6.92 Å². The first-order valence-corrected chi connectivity index (χ1v) is 3.39. The molecule has 0 spiro atoms. The van der Waals surface area contributed by atoms with Gasteiger partial charge in [-0.1, -0.05) is 0 Å². The molecule has 0 atom stereocenters. The van der Waals surface area contributed by atoms with Crippen LogP contribution in [-0.2, 0) is 19.2 Å². The van der Waals surface area contributed by atoms with E-state index in [4.69, 9.17) is 5.53 Å². The molecule has 0 unspecified atom stereocenters. The van der Waals surface area contributed by atoms with Gasteiger partial charge in [-0.25, -0.2) is 10.3 Å². The fourth-order valence-electron chi connectivity index (χ4n) is 0.519. The highest BCUT2D eigenvalue weighted by molar-refractivity contribution is 6.61. The van der Waals surface area contributed by atoms with Gasteiger partial charge >= 0.3 is 17.6 Å². The quantitative estimate of drug-likeness (QED) is 0.151. The van der Waals surface area contributed by atoms with E-state index in [0.717, 1.165) is 0 Å². The Hall–Kier alpha value is -1.72. The van der Waals surface area contributed by atoms with Gasteiger partial charge in [-0.2, -0.15) is 4.79 Å². The van der Waals surface area contributed by atoms with Crippen LogP contribution >= 0.6 is 0 Å². The van der Waals surface area contributed by atoms with Crippen molar-refractivity contribution in [2.75, 3.05) is 13.7 Å². The van der Waals surface area contributed by atoms with Crippen molar-refractivity contribution in [3.05, 3.63) is 5.53 Å². The second kappa shape index (κ2) is 5.87. The zero-order valence-corrected chi connectivity index (χ0v) is 7.23. The fraction of sp³-hybridized carbons (Fsp3) is 0.500. The van der Waals surface area contributed by atoms with Crippen LogP contribution in [0.15, 0.2) is 0 Å². The van der Waals surface area contributed by atoms with Crippen molar-refractivity contribution < 1.29 is 24.0 Å². The molecule has 0 aliphatic heterocycles. The molecule has 0 saturated heterocycles. The lowest BCUT2D eigenvalue weighted by Gasteiger charge is -1.97. The van der Waals surface area contributed by atoms with Crippen LogP contribution in [0.3, 0.4) is 0 Å². The standard InChI is InChI=1S/C6H9N3O4/c1-3-13-6(11)4(8-7)5(10)9-12-2/h3H2,1-2H3,(H,9,10). The molecule has 0 aliphatic rings. The van der Waals surface area contributed by atoms with Crippen molar-refractivity contribution >= 4 is 17.6 Å². The molecule has 0 fully saturated rings. The Bertz CT molecular complexity index is 237. The minimum atomic E-state index is -1.01. The Kier molecular flexibility index (Phi) is 5.09. The summed E-state index contributed by atoms with van der Waals surface area (Å²) in [7, 11) is 1.18. The first-order valence-electron chi connectivity index (χ1n) is 3.39. The van der Waals surface area contributed by atoms with Gasteiger partial charge in [0.25, 0.3) is 0 Å². The monoisotopic (exact) mass is 187 g/mol. The molecule has 72 valence electrons. The van der Waals surface area contributed by atoms with Gasteiger partial charge in [0.1, 0.15) is 0 Å². The first kappa shape index (κ1) is 11.3. The van der Waals surface area contributed by atoms with Crippen LogP contribution in [0, 0.1) is 0 Å². The van der Waals surface area contributed by atoms with E-state index < -0.39 is 17.6 Å². The van der Waals surface area contributed by atoms with Crippen LogP contribution in [0.2, 0.25) is 0 Å². The average Bonchev–Trinajstić information content (AvgIpc) is 2.06. The van der Waals surface area contributed by atoms with Gasteiger partial charge in [0.05, 0.1) is 13.7 Å². The Balaban J connectivity index is 4.44. The van der Waals surface area contributed by atoms with Gasteiger partial charge in [0.2, 0.25) is 0 Å². The molecule has 0 aromatic rings. The van der Waals surface area contributed by atoms with E-state index in [1.807, 2.05) is 0 Å². The lowest BCUT2D eigenvalue weighted by molar-refractivity contribution is -0.144. The summed E-state index contributed by atoms with van der Waals surface area (Å²) in [5, 5.41) is 0. The number of carbonyl (C=O) groups is 2. The van der Waals surface area contributed by atoms with Gasteiger partial charge < -0.3 is 10.3 Å². The van der Waals surface area contributed by atoms with Crippen molar-refractivity contribution in [1.82, 2.24) is 5.48 Å². The Labute approximate surface area is 74.2 Å². The smallest absolute Gasteiger partial charge is 0.457 e. The number of hydroxylamine groups is 1. The summed E-state index contributed by atoms with van der Waals surface area (Å²) in [6, 6.07) is 0. The minimum Gasteiger partial charge on any atom is -0.457 e. The molecule has 0 heterocycles. The maximum absolute atomic E-state index is 10.9. The summed E-state index contributed by atoms with van der Waals surface area (Å²) in [6.07, 6.45) is 0. The fourth-order valence-corrected chi connectivity index (χ4v) is 0.519. The van der Waals surface area contributed by atoms with E-state index in [1.54, 1.807) is 12.4 Å². The predicted octanol–water partition coefficient (Wildman–Crippen LogP) is -1.10. The van der Waals surface area contributed by atoms with Gasteiger partial charge in [-0.05, 0) is 6.92 Å². The predicted molar refractivity (Wildman–Crippen MR) is 40.4 cm³/mol. The molecule has 1 amide bonds. The van der Waals surface area contributed by atoms with Gasteiger partial charge in [0.15, 0.2) is 0 Å². The summed E-state index contributed by atoms with van der Waals surface area (Å²) in [5.41, 5.74) is 9.34. The number of hydrogen-bond donors (Lipinski definition) is 1. The molecule has 0 bridgehead atoms. The average molecular weight is 187 g/mol. The molecule has 0 rings (SSSR count). The highest BCUT2D eigenvalue weighted by Gasteiger charge is 2.31. The van der Waals surface area contributed by atoms with Crippen LogP contribution in [0.4, 0.5) is 0 Å². The maximum Gasteiger partial charge on any atom is 0.465 e. The third-order valence-corrected chi connectivity index (χ3v) is 0.979. The van der Waals surface area contributed by atoms with Crippen molar-refractivity contribution in [1.29, 1.82) is 0 Å². The van der Waals surface area contributed by atoms with Gasteiger partial charge in [-0.15, -0.1) is 0 Å². The SMILES string of the molecule is CCOC(=O)C(=[N+]=[N-])C(=O)NOC. The van der Waals surface area contributed by atoms with Gasteiger partial charge in [-0.3, -0.25) is 9.63 Å². The second-order valence-corrected chi connectivity index (χ2v) is 1.80. The van der Waals surface area contributed by atoms with Crippen LogP contribution in [0.1, 0.15) is 6.92 Å². The Morgan fingerprint density at radius 2 is 2.15 bits per heavy atom. The van der Waals surface area contributed by atoms with Crippen LogP contribution < -0.4 is 5.48 Å². The third-order valence-electron chi connectivity index (χ3n) is 0.979. The summed E-state index contributed by atoms with van der Waals surface area (Å²) < 4.78 is 4.42. The molecular formula is C6H9N3O4. The zero-order chi connectivity index (χ0) is 10.3. The third kappa shape index (κ3) is 3.46. The number of nitrogens with zero attached hydrogens (tertiary/aromatic N) is 2. The summed E-state index contributed by atoms with van der Waals surface area (Å²) in [6.45, 7) is 1.64. The normalized spacial score (nSPS) is 8.46. The van der Waals surface area contributed by atoms with Crippen LogP contribution in [0.5, 0.6) is 0 Å². The molecule has 7 nitrogen and oxygen atoms in total. The van der Waals surface area contributed by atoms with Crippen molar-refractivity contribution in [2.24, 2.45) is 0 Å². The lowest BCUT2D eigenvalue weighted by atomic mass is 10.4. The van der Waals surface area contributed by atoms with Crippen LogP contribution in [-0.4, -0.2) is 36.1 Å². The molecule has 0 aromatic heterocycles. The molecule has 0 radical (unpaired) electrons. The molecule has 1 N–H and O–H groups in total. The summed E-state index contributed by atoms with van der Waals surface area (Å²) >= 11 is 0. The maximum atomic E-state index is 10.9. The van der Waals surface area contributed by atoms with E-state index in [1.165, 1.54) is 7.11 Å². The number of nitrogens with one attached hydrogen (secondary N) is 1. The van der Waals surface area contributed by atoms with Crippen LogP contribution in [0.25, 0.3) is 5.53 Å². The van der Waals surface area contributed by atoms with Crippen molar-refractivity contribution in [3.8, 4) is 0 Å². The zero-order valence-electron chi connectivity index (χ0n) is 7.23. The number of rotatable bonds is 4. The van der Waals surface area contributed by atoms with E-state index in [-0.39, 0.29) is 6.61 Å². The number of amides is 1. The highest BCUT2D eigenvalue weighted by Crippen LogP contribution is 1.81. The van der Waals surface area contributed by atoms with Gasteiger partial charge in [0, 0.05) is 0 Å². The molecule has 13 heavy (non-hydrogen) atoms. The number of ether oxygens (including phenoxy) is 1. The van der Waals surface area contributed by atoms with Crippen molar-refractivity contribution in [3.63, 3.8) is 0 Å². The summed E-state index contributed by atoms with van der Waals surface area (Å²) in [5.74, 6) is -1.98. The van der Waals surface area contributed by atoms with E-state index in [9.17, 15) is 9.59 Å². The Morgan fingerprint density at radius 3 is 2.54 bits per heavy atom. The lowest BCUT2D eigenvalue weighted by Crippen LogP contribution is -2.37. The highest BCUT2D eigenvalue weighted by atomic mass is 16.6. The first-order chi connectivity index (χ1) is 6.17. The largest absolute Gasteiger partial charge is 0.465 e. The molecule has 0 saturated carbocycles. The number of hydrogen-bond acceptors (Lipinski definition) is 4. The minimum absolute atomic E-state index is 0.0815. The van der Waals surface area contributed by atoms with E-state index >= 15 is 0 Å². The summed E-state index contributed by atoms with van der Waals surface area (Å²) in [4.78, 5) is 28.4. The number of esters is 1. The topological polar surface area (TPSA) is 101 Å². The molecular weight excluding hydrogens is 178 g/mol.